The molecule has 20 heavy (non-hydrogen) atoms. The molecule has 0 saturated carbocycles. The van der Waals surface area contributed by atoms with Crippen molar-refractivity contribution < 1.29 is 14.7 Å². The zero-order chi connectivity index (χ0) is 15.3. The van der Waals surface area contributed by atoms with E-state index in [-0.39, 0.29) is 17.5 Å². The first-order valence-corrected chi connectivity index (χ1v) is 8.48. The number of amides is 2. The Morgan fingerprint density at radius 1 is 1.50 bits per heavy atom. The van der Waals surface area contributed by atoms with Crippen LogP contribution in [0.3, 0.4) is 0 Å². The average Bonchev–Trinajstić information content (AvgIpc) is 2.34. The van der Waals surface area contributed by atoms with E-state index in [1.807, 2.05) is 27.0 Å². The number of nitrogens with one attached hydrogen (secondary N) is 1. The van der Waals surface area contributed by atoms with Crippen molar-refractivity contribution in [2.45, 2.75) is 52.1 Å². The zero-order valence-electron chi connectivity index (χ0n) is 12.8. The molecule has 2 amide bonds. The van der Waals surface area contributed by atoms with E-state index in [2.05, 4.69) is 5.32 Å². The van der Waals surface area contributed by atoms with Gasteiger partial charge in [-0.15, -0.1) is 0 Å². The van der Waals surface area contributed by atoms with Crippen molar-refractivity contribution in [2.24, 2.45) is 5.41 Å². The summed E-state index contributed by atoms with van der Waals surface area (Å²) in [4.78, 5) is 25.3. The fourth-order valence-corrected chi connectivity index (χ4v) is 3.33. The Balaban J connectivity index is 2.71. The van der Waals surface area contributed by atoms with Crippen molar-refractivity contribution in [3.63, 3.8) is 0 Å². The summed E-state index contributed by atoms with van der Waals surface area (Å²) in [6.45, 7) is 6.31. The molecule has 1 aliphatic rings. The summed E-state index contributed by atoms with van der Waals surface area (Å²) in [5, 5.41) is 12.4. The molecular formula is C14H26N2O3S. The minimum Gasteiger partial charge on any atom is -0.480 e. The van der Waals surface area contributed by atoms with Crippen LogP contribution in [-0.4, -0.2) is 52.6 Å². The number of nitrogens with zero attached hydrogens (tertiary/aromatic N) is 1. The van der Waals surface area contributed by atoms with Crippen LogP contribution < -0.4 is 5.32 Å². The van der Waals surface area contributed by atoms with Crippen molar-refractivity contribution in [3.8, 4) is 0 Å². The molecule has 0 spiro atoms. The Kier molecular flexibility index (Phi) is 6.17. The lowest BCUT2D eigenvalue weighted by molar-refractivity contribution is -0.148. The molecule has 0 aliphatic carbocycles. The minimum absolute atomic E-state index is 0.0643. The van der Waals surface area contributed by atoms with Gasteiger partial charge >= 0.3 is 12.0 Å². The predicted octanol–water partition coefficient (Wildman–Crippen LogP) is 2.41. The molecule has 0 aromatic carbocycles. The highest BCUT2D eigenvalue weighted by atomic mass is 32.2. The van der Waals surface area contributed by atoms with Gasteiger partial charge in [-0.3, -0.25) is 0 Å². The summed E-state index contributed by atoms with van der Waals surface area (Å²) in [6, 6.07) is -0.933. The van der Waals surface area contributed by atoms with Crippen LogP contribution in [0.5, 0.6) is 0 Å². The Morgan fingerprint density at radius 2 is 2.15 bits per heavy atom. The number of carbonyl (C=O) groups is 2. The summed E-state index contributed by atoms with van der Waals surface area (Å²) >= 11 is 1.74. The monoisotopic (exact) mass is 302 g/mol. The number of hydrogen-bond donors (Lipinski definition) is 2. The lowest BCUT2D eigenvalue weighted by Gasteiger charge is -2.44. The second-order valence-electron chi connectivity index (χ2n) is 6.16. The Morgan fingerprint density at radius 3 is 2.70 bits per heavy atom. The first-order chi connectivity index (χ1) is 9.29. The number of rotatable bonds is 5. The van der Waals surface area contributed by atoms with Gasteiger partial charge in [-0.05, 0) is 43.6 Å². The van der Waals surface area contributed by atoms with E-state index in [4.69, 9.17) is 0 Å². The summed E-state index contributed by atoms with van der Waals surface area (Å²) < 4.78 is 0. The number of hydrogen-bond acceptors (Lipinski definition) is 3. The molecule has 0 aromatic heterocycles. The van der Waals surface area contributed by atoms with Crippen LogP contribution in [-0.2, 0) is 4.79 Å². The molecule has 0 bridgehead atoms. The lowest BCUT2D eigenvalue weighted by Crippen LogP contribution is -2.59. The van der Waals surface area contributed by atoms with E-state index in [9.17, 15) is 14.7 Å². The summed E-state index contributed by atoms with van der Waals surface area (Å²) in [5.41, 5.74) is -0.385. The zero-order valence-corrected chi connectivity index (χ0v) is 13.6. The van der Waals surface area contributed by atoms with E-state index in [1.165, 1.54) is 4.90 Å². The average molecular weight is 302 g/mol. The van der Waals surface area contributed by atoms with Gasteiger partial charge in [0.15, 0.2) is 0 Å². The molecule has 1 saturated heterocycles. The number of piperidine rings is 1. The normalized spacial score (nSPS) is 23.2. The molecular weight excluding hydrogens is 276 g/mol. The molecule has 6 heteroatoms. The number of thioether (sulfide) groups is 1. The second kappa shape index (κ2) is 7.20. The smallest absolute Gasteiger partial charge is 0.327 e. The first-order valence-electron chi connectivity index (χ1n) is 7.08. The van der Waals surface area contributed by atoms with Gasteiger partial charge in [0.05, 0.1) is 0 Å². The lowest BCUT2D eigenvalue weighted by atomic mass is 9.76. The van der Waals surface area contributed by atoms with Crippen LogP contribution in [0.2, 0.25) is 0 Å². The van der Waals surface area contributed by atoms with Crippen molar-refractivity contribution in [1.29, 1.82) is 0 Å². The van der Waals surface area contributed by atoms with Crippen LogP contribution in [0.4, 0.5) is 4.79 Å². The third-order valence-electron chi connectivity index (χ3n) is 3.89. The van der Waals surface area contributed by atoms with E-state index >= 15 is 0 Å². The van der Waals surface area contributed by atoms with Gasteiger partial charge in [0.25, 0.3) is 0 Å². The van der Waals surface area contributed by atoms with E-state index < -0.39 is 12.0 Å². The second-order valence-corrected chi connectivity index (χ2v) is 7.14. The molecule has 5 nitrogen and oxygen atoms in total. The van der Waals surface area contributed by atoms with E-state index in [1.54, 1.807) is 11.8 Å². The van der Waals surface area contributed by atoms with Crippen LogP contribution in [0.15, 0.2) is 0 Å². The SMILES string of the molecule is CSCCC(C)NC(=O)N1CCCC(C)(C)C1C(=O)O. The standard InChI is InChI=1S/C14H26N2O3S/c1-10(6-9-20-4)15-13(19)16-8-5-7-14(2,3)11(16)12(17)18/h10-11H,5-9H2,1-4H3,(H,15,19)(H,17,18). The van der Waals surface area contributed by atoms with E-state index in [0.717, 1.165) is 25.0 Å². The largest absolute Gasteiger partial charge is 0.480 e. The van der Waals surface area contributed by atoms with Crippen LogP contribution in [0.25, 0.3) is 0 Å². The third-order valence-corrected chi connectivity index (χ3v) is 4.54. The Hall–Kier alpha value is -0.910. The third kappa shape index (κ3) is 4.30. The summed E-state index contributed by atoms with van der Waals surface area (Å²) in [6.07, 6.45) is 4.60. The van der Waals surface area contributed by atoms with Gasteiger partial charge in [0, 0.05) is 12.6 Å². The van der Waals surface area contributed by atoms with Gasteiger partial charge in [0.2, 0.25) is 0 Å². The fraction of sp³-hybridized carbons (Fsp3) is 0.857. The van der Waals surface area contributed by atoms with Crippen molar-refractivity contribution in [1.82, 2.24) is 10.2 Å². The van der Waals surface area contributed by atoms with Crippen LogP contribution in [0.1, 0.15) is 40.0 Å². The number of likely N-dealkylation sites (tertiary alicyclic amines) is 1. The van der Waals surface area contributed by atoms with E-state index in [0.29, 0.717) is 6.54 Å². The molecule has 0 aromatic rings. The van der Waals surface area contributed by atoms with Crippen molar-refractivity contribution >= 4 is 23.8 Å². The predicted molar refractivity (Wildman–Crippen MR) is 82.1 cm³/mol. The number of aliphatic carboxylic acids is 1. The van der Waals surface area contributed by atoms with Crippen molar-refractivity contribution in [3.05, 3.63) is 0 Å². The number of carboxylic acid groups (broad SMARTS) is 1. The molecule has 2 unspecified atom stereocenters. The molecule has 1 heterocycles. The Labute approximate surface area is 125 Å². The molecule has 1 fully saturated rings. The van der Waals surface area contributed by atoms with Gasteiger partial charge in [-0.25, -0.2) is 9.59 Å². The minimum atomic E-state index is -0.915. The number of carbonyl (C=O) groups excluding carboxylic acids is 1. The molecule has 1 aliphatic heterocycles. The highest BCUT2D eigenvalue weighted by molar-refractivity contribution is 7.98. The molecule has 0 radical (unpaired) electrons. The maximum absolute atomic E-state index is 12.3. The van der Waals surface area contributed by atoms with Gasteiger partial charge < -0.3 is 15.3 Å². The molecule has 1 rings (SSSR count). The van der Waals surface area contributed by atoms with Gasteiger partial charge in [-0.1, -0.05) is 13.8 Å². The van der Waals surface area contributed by atoms with Gasteiger partial charge in [-0.2, -0.15) is 11.8 Å². The highest BCUT2D eigenvalue weighted by Crippen LogP contribution is 2.35. The highest BCUT2D eigenvalue weighted by Gasteiger charge is 2.44. The summed E-state index contributed by atoms with van der Waals surface area (Å²) in [7, 11) is 0. The number of urea groups is 1. The maximum atomic E-state index is 12.3. The quantitative estimate of drug-likeness (QED) is 0.818. The molecule has 116 valence electrons. The molecule has 2 atom stereocenters. The maximum Gasteiger partial charge on any atom is 0.327 e. The topological polar surface area (TPSA) is 69.6 Å². The summed E-state index contributed by atoms with van der Waals surface area (Å²) in [5.74, 6) is 0.0663. The Bertz CT molecular complexity index is 360. The molecule has 2 N–H and O–H groups in total. The fourth-order valence-electron chi connectivity index (χ4n) is 2.74. The van der Waals surface area contributed by atoms with Gasteiger partial charge in [0.1, 0.15) is 6.04 Å². The number of carboxylic acids is 1. The van der Waals surface area contributed by atoms with Crippen LogP contribution in [0, 0.1) is 5.41 Å². The first kappa shape index (κ1) is 17.1. The van der Waals surface area contributed by atoms with Crippen molar-refractivity contribution in [2.75, 3.05) is 18.6 Å². The van der Waals surface area contributed by atoms with Crippen LogP contribution >= 0.6 is 11.8 Å².